The molecular formula is C15H17NO3. The summed E-state index contributed by atoms with van der Waals surface area (Å²) in [4.78, 5) is 4.33. The quantitative estimate of drug-likeness (QED) is 0.916. The molecule has 2 rings (SSSR count). The highest BCUT2D eigenvalue weighted by Crippen LogP contribution is 2.32. The van der Waals surface area contributed by atoms with Crippen molar-refractivity contribution in [2.75, 3.05) is 14.2 Å². The van der Waals surface area contributed by atoms with Gasteiger partial charge < -0.3 is 14.6 Å². The van der Waals surface area contributed by atoms with Crippen LogP contribution in [0.25, 0.3) is 0 Å². The molecule has 1 unspecified atom stereocenters. The molecule has 0 bridgehead atoms. The molecule has 100 valence electrons. The molecule has 0 fully saturated rings. The van der Waals surface area contributed by atoms with Gasteiger partial charge >= 0.3 is 0 Å². The SMILES string of the molecule is COc1ccc(C(O)c2cccc(C)n2)c(OC)c1. The van der Waals surface area contributed by atoms with Crippen LogP contribution in [0.3, 0.4) is 0 Å². The summed E-state index contributed by atoms with van der Waals surface area (Å²) >= 11 is 0. The molecule has 2 aromatic rings. The molecule has 0 amide bonds. The molecule has 1 atom stereocenters. The first-order valence-corrected chi connectivity index (χ1v) is 5.99. The number of pyridine rings is 1. The Balaban J connectivity index is 2.40. The van der Waals surface area contributed by atoms with E-state index in [1.165, 1.54) is 0 Å². The standard InChI is InChI=1S/C15H17NO3/c1-10-5-4-6-13(16-10)15(17)12-8-7-11(18-2)9-14(12)19-3/h4-9,15,17H,1-3H3. The zero-order valence-corrected chi connectivity index (χ0v) is 11.3. The van der Waals surface area contributed by atoms with Crippen molar-refractivity contribution in [1.29, 1.82) is 0 Å². The van der Waals surface area contributed by atoms with Crippen molar-refractivity contribution < 1.29 is 14.6 Å². The lowest BCUT2D eigenvalue weighted by molar-refractivity contribution is 0.209. The monoisotopic (exact) mass is 259 g/mol. The lowest BCUT2D eigenvalue weighted by atomic mass is 10.0. The van der Waals surface area contributed by atoms with Crippen molar-refractivity contribution in [3.8, 4) is 11.5 Å². The number of ether oxygens (including phenoxy) is 2. The molecule has 0 radical (unpaired) electrons. The second-order valence-electron chi connectivity index (χ2n) is 4.21. The van der Waals surface area contributed by atoms with Crippen LogP contribution < -0.4 is 9.47 Å². The van der Waals surface area contributed by atoms with Crippen LogP contribution in [0.4, 0.5) is 0 Å². The highest BCUT2D eigenvalue weighted by Gasteiger charge is 2.17. The van der Waals surface area contributed by atoms with E-state index >= 15 is 0 Å². The van der Waals surface area contributed by atoms with E-state index in [0.29, 0.717) is 22.8 Å². The van der Waals surface area contributed by atoms with Crippen molar-refractivity contribution in [2.45, 2.75) is 13.0 Å². The highest BCUT2D eigenvalue weighted by molar-refractivity contribution is 5.44. The Morgan fingerprint density at radius 3 is 2.53 bits per heavy atom. The van der Waals surface area contributed by atoms with Crippen LogP contribution in [-0.2, 0) is 0 Å². The molecule has 0 saturated heterocycles. The topological polar surface area (TPSA) is 51.6 Å². The Labute approximate surface area is 112 Å². The van der Waals surface area contributed by atoms with Gasteiger partial charge in [-0.1, -0.05) is 6.07 Å². The third-order valence-electron chi connectivity index (χ3n) is 2.93. The van der Waals surface area contributed by atoms with Crippen molar-refractivity contribution >= 4 is 0 Å². The number of aromatic nitrogens is 1. The highest BCUT2D eigenvalue weighted by atomic mass is 16.5. The molecule has 4 heteroatoms. The lowest BCUT2D eigenvalue weighted by Crippen LogP contribution is -2.05. The largest absolute Gasteiger partial charge is 0.497 e. The van der Waals surface area contributed by atoms with Gasteiger partial charge in [-0.3, -0.25) is 4.98 Å². The zero-order valence-electron chi connectivity index (χ0n) is 11.3. The van der Waals surface area contributed by atoms with Gasteiger partial charge in [-0.25, -0.2) is 0 Å². The van der Waals surface area contributed by atoms with E-state index in [1.54, 1.807) is 38.5 Å². The Bertz CT molecular complexity index is 569. The molecule has 19 heavy (non-hydrogen) atoms. The first-order chi connectivity index (χ1) is 9.15. The number of aliphatic hydroxyl groups excluding tert-OH is 1. The zero-order chi connectivity index (χ0) is 13.8. The van der Waals surface area contributed by atoms with E-state index in [1.807, 2.05) is 19.1 Å². The number of nitrogens with zero attached hydrogens (tertiary/aromatic N) is 1. The van der Waals surface area contributed by atoms with Gasteiger partial charge in [0.1, 0.15) is 17.6 Å². The molecule has 0 aliphatic carbocycles. The van der Waals surface area contributed by atoms with E-state index < -0.39 is 6.10 Å². The summed E-state index contributed by atoms with van der Waals surface area (Å²) in [6.45, 7) is 1.89. The summed E-state index contributed by atoms with van der Waals surface area (Å²) in [6.07, 6.45) is -0.819. The van der Waals surface area contributed by atoms with Gasteiger partial charge in [0.15, 0.2) is 0 Å². The van der Waals surface area contributed by atoms with Crippen molar-refractivity contribution in [3.63, 3.8) is 0 Å². The van der Waals surface area contributed by atoms with Crippen molar-refractivity contribution in [3.05, 3.63) is 53.3 Å². The Hall–Kier alpha value is -2.07. The second kappa shape index (κ2) is 5.71. The summed E-state index contributed by atoms with van der Waals surface area (Å²) in [7, 11) is 3.15. The minimum Gasteiger partial charge on any atom is -0.497 e. The van der Waals surface area contributed by atoms with Crippen LogP contribution in [0.5, 0.6) is 11.5 Å². The van der Waals surface area contributed by atoms with E-state index in [-0.39, 0.29) is 0 Å². The maximum atomic E-state index is 10.4. The predicted octanol–water partition coefficient (Wildman–Crippen LogP) is 2.49. The first-order valence-electron chi connectivity index (χ1n) is 5.99. The van der Waals surface area contributed by atoms with Gasteiger partial charge in [-0.2, -0.15) is 0 Å². The molecule has 0 aliphatic rings. The fourth-order valence-corrected chi connectivity index (χ4v) is 1.92. The number of benzene rings is 1. The summed E-state index contributed by atoms with van der Waals surface area (Å²) in [6, 6.07) is 10.9. The van der Waals surface area contributed by atoms with Crippen LogP contribution in [0, 0.1) is 6.92 Å². The van der Waals surface area contributed by atoms with Crippen molar-refractivity contribution in [2.24, 2.45) is 0 Å². The number of hydrogen-bond acceptors (Lipinski definition) is 4. The summed E-state index contributed by atoms with van der Waals surface area (Å²) in [5.41, 5.74) is 2.13. The summed E-state index contributed by atoms with van der Waals surface area (Å²) in [5, 5.41) is 10.4. The van der Waals surface area contributed by atoms with Crippen LogP contribution in [-0.4, -0.2) is 24.3 Å². The molecule has 1 heterocycles. The van der Waals surface area contributed by atoms with Crippen LogP contribution in [0.15, 0.2) is 36.4 Å². The van der Waals surface area contributed by atoms with Crippen LogP contribution in [0.1, 0.15) is 23.1 Å². The normalized spacial score (nSPS) is 12.0. The van der Waals surface area contributed by atoms with Gasteiger partial charge in [0.25, 0.3) is 0 Å². The van der Waals surface area contributed by atoms with Crippen molar-refractivity contribution in [1.82, 2.24) is 4.98 Å². The summed E-state index contributed by atoms with van der Waals surface area (Å²) < 4.78 is 10.4. The fraction of sp³-hybridized carbons (Fsp3) is 0.267. The van der Waals surface area contributed by atoms with E-state index in [0.717, 1.165) is 5.69 Å². The molecule has 0 aliphatic heterocycles. The molecule has 0 spiro atoms. The molecule has 1 aromatic carbocycles. The summed E-state index contributed by atoms with van der Waals surface area (Å²) in [5.74, 6) is 1.26. The van der Waals surface area contributed by atoms with E-state index in [4.69, 9.17) is 9.47 Å². The average Bonchev–Trinajstić information content (AvgIpc) is 2.45. The Morgan fingerprint density at radius 2 is 1.89 bits per heavy atom. The van der Waals surface area contributed by atoms with Crippen LogP contribution >= 0.6 is 0 Å². The minimum absolute atomic E-state index is 0.579. The third kappa shape index (κ3) is 2.85. The van der Waals surface area contributed by atoms with E-state index in [2.05, 4.69) is 4.98 Å². The Kier molecular flexibility index (Phi) is 4.02. The van der Waals surface area contributed by atoms with Gasteiger partial charge in [-0.15, -0.1) is 0 Å². The maximum Gasteiger partial charge on any atom is 0.128 e. The van der Waals surface area contributed by atoms with Gasteiger partial charge in [0, 0.05) is 17.3 Å². The van der Waals surface area contributed by atoms with Gasteiger partial charge in [-0.05, 0) is 31.2 Å². The Morgan fingerprint density at radius 1 is 1.11 bits per heavy atom. The molecule has 1 aromatic heterocycles. The number of hydrogen-bond donors (Lipinski definition) is 1. The lowest BCUT2D eigenvalue weighted by Gasteiger charge is -2.15. The van der Waals surface area contributed by atoms with Gasteiger partial charge in [0.2, 0.25) is 0 Å². The fourth-order valence-electron chi connectivity index (χ4n) is 1.92. The van der Waals surface area contributed by atoms with E-state index in [9.17, 15) is 5.11 Å². The smallest absolute Gasteiger partial charge is 0.128 e. The maximum absolute atomic E-state index is 10.4. The van der Waals surface area contributed by atoms with Gasteiger partial charge in [0.05, 0.1) is 19.9 Å². The number of aryl methyl sites for hydroxylation is 1. The molecule has 1 N–H and O–H groups in total. The number of rotatable bonds is 4. The molecule has 0 saturated carbocycles. The predicted molar refractivity (Wildman–Crippen MR) is 72.6 cm³/mol. The number of methoxy groups -OCH3 is 2. The third-order valence-corrected chi connectivity index (χ3v) is 2.93. The molecular weight excluding hydrogens is 242 g/mol. The molecule has 4 nitrogen and oxygen atoms in total. The first kappa shape index (κ1) is 13.4. The average molecular weight is 259 g/mol. The second-order valence-corrected chi connectivity index (χ2v) is 4.21. The minimum atomic E-state index is -0.819. The number of aliphatic hydroxyl groups is 1. The van der Waals surface area contributed by atoms with Crippen LogP contribution in [0.2, 0.25) is 0 Å².